The van der Waals surface area contributed by atoms with E-state index in [2.05, 4.69) is 4.57 Å². The maximum absolute atomic E-state index is 9.12. The van der Waals surface area contributed by atoms with Crippen LogP contribution in [0.1, 0.15) is 12.5 Å². The Morgan fingerprint density at radius 2 is 2.24 bits per heavy atom. The third-order valence-electron chi connectivity index (χ3n) is 2.97. The summed E-state index contributed by atoms with van der Waals surface area (Å²) < 4.78 is 2.12. The zero-order valence-corrected chi connectivity index (χ0v) is 10.6. The van der Waals surface area contributed by atoms with E-state index in [-0.39, 0.29) is 12.5 Å². The third-order valence-corrected chi connectivity index (χ3v) is 3.20. The molecule has 3 N–H and O–H groups in total. The van der Waals surface area contributed by atoms with Crippen LogP contribution in [-0.2, 0) is 13.1 Å². The molecule has 0 spiro atoms. The van der Waals surface area contributed by atoms with Crippen molar-refractivity contribution >= 4 is 22.5 Å². The molecule has 1 aromatic carbocycles. The summed E-state index contributed by atoms with van der Waals surface area (Å²) in [6.45, 7) is 3.47. The van der Waals surface area contributed by atoms with E-state index in [0.717, 1.165) is 28.0 Å². The Kier molecular flexibility index (Phi) is 3.72. The summed E-state index contributed by atoms with van der Waals surface area (Å²) in [5.74, 6) is 0.218. The van der Waals surface area contributed by atoms with Gasteiger partial charge in [-0.25, -0.2) is 0 Å². The van der Waals surface area contributed by atoms with Gasteiger partial charge in [0.1, 0.15) is 0 Å². The lowest BCUT2D eigenvalue weighted by Crippen LogP contribution is -2.10. The van der Waals surface area contributed by atoms with Gasteiger partial charge in [-0.2, -0.15) is 0 Å². The first kappa shape index (κ1) is 12.4. The van der Waals surface area contributed by atoms with Gasteiger partial charge in [0, 0.05) is 41.8 Å². The highest BCUT2D eigenvalue weighted by atomic mass is 35.5. The molecule has 2 rings (SSSR count). The highest BCUT2D eigenvalue weighted by Crippen LogP contribution is 2.25. The zero-order chi connectivity index (χ0) is 12.4. The first-order chi connectivity index (χ1) is 8.15. The molecule has 1 atom stereocenters. The molecule has 3 nitrogen and oxygen atoms in total. The van der Waals surface area contributed by atoms with Crippen LogP contribution >= 0.6 is 11.6 Å². The molecule has 0 bridgehead atoms. The van der Waals surface area contributed by atoms with Gasteiger partial charge >= 0.3 is 0 Å². The average molecular weight is 253 g/mol. The fraction of sp³-hybridized carbons (Fsp3) is 0.385. The molecular formula is C13H17ClN2O. The Morgan fingerprint density at radius 1 is 1.47 bits per heavy atom. The largest absolute Gasteiger partial charge is 0.396 e. The molecule has 92 valence electrons. The van der Waals surface area contributed by atoms with Crippen molar-refractivity contribution in [3.8, 4) is 0 Å². The molecule has 0 saturated heterocycles. The fourth-order valence-corrected chi connectivity index (χ4v) is 2.21. The number of nitrogens with two attached hydrogens (primary N) is 1. The Hall–Kier alpha value is -1.03. The number of halogens is 1. The number of benzene rings is 1. The van der Waals surface area contributed by atoms with Crippen LogP contribution in [0, 0.1) is 5.92 Å². The maximum atomic E-state index is 9.12. The number of aromatic nitrogens is 1. The highest BCUT2D eigenvalue weighted by Gasteiger charge is 2.10. The van der Waals surface area contributed by atoms with Gasteiger partial charge in [-0.1, -0.05) is 24.6 Å². The normalized spacial score (nSPS) is 13.2. The van der Waals surface area contributed by atoms with Gasteiger partial charge in [-0.3, -0.25) is 0 Å². The van der Waals surface area contributed by atoms with Gasteiger partial charge in [0.15, 0.2) is 0 Å². The fourth-order valence-electron chi connectivity index (χ4n) is 2.05. The van der Waals surface area contributed by atoms with Crippen LogP contribution in [0.4, 0.5) is 0 Å². The summed E-state index contributed by atoms with van der Waals surface area (Å²) in [6.07, 6.45) is 2.05. The molecule has 0 saturated carbocycles. The second kappa shape index (κ2) is 5.08. The van der Waals surface area contributed by atoms with E-state index < -0.39 is 0 Å². The van der Waals surface area contributed by atoms with Gasteiger partial charge in [0.2, 0.25) is 0 Å². The molecule has 0 aliphatic carbocycles. The molecule has 2 aromatic rings. The van der Waals surface area contributed by atoms with Gasteiger partial charge in [0.05, 0.1) is 0 Å². The van der Waals surface area contributed by atoms with Crippen LogP contribution in [-0.4, -0.2) is 16.3 Å². The second-order valence-electron chi connectivity index (χ2n) is 4.46. The van der Waals surface area contributed by atoms with Crippen LogP contribution in [0.3, 0.4) is 0 Å². The standard InChI is InChI=1S/C13H17ClN2O/c1-9(8-17)6-16-7-10(5-15)12-3-2-11(14)4-13(12)16/h2-4,7,9,17H,5-6,8,15H2,1H3. The van der Waals surface area contributed by atoms with E-state index in [9.17, 15) is 0 Å². The van der Waals surface area contributed by atoms with Crippen LogP contribution < -0.4 is 5.73 Å². The molecule has 1 heterocycles. The van der Waals surface area contributed by atoms with Crippen molar-refractivity contribution in [2.24, 2.45) is 11.7 Å². The van der Waals surface area contributed by atoms with Crippen LogP contribution in [0.2, 0.25) is 5.02 Å². The van der Waals surface area contributed by atoms with E-state index in [0.29, 0.717) is 6.54 Å². The van der Waals surface area contributed by atoms with Crippen molar-refractivity contribution in [3.05, 3.63) is 35.0 Å². The van der Waals surface area contributed by atoms with Crippen molar-refractivity contribution in [3.63, 3.8) is 0 Å². The van der Waals surface area contributed by atoms with Crippen molar-refractivity contribution in [1.29, 1.82) is 0 Å². The Labute approximate surface area is 106 Å². The number of rotatable bonds is 4. The summed E-state index contributed by atoms with van der Waals surface area (Å²) in [5.41, 5.74) is 7.93. The lowest BCUT2D eigenvalue weighted by atomic mass is 10.2. The van der Waals surface area contributed by atoms with Crippen LogP contribution in [0.5, 0.6) is 0 Å². The summed E-state index contributed by atoms with van der Waals surface area (Å²) in [4.78, 5) is 0. The van der Waals surface area contributed by atoms with Gasteiger partial charge < -0.3 is 15.4 Å². The predicted molar refractivity (Wildman–Crippen MR) is 71.1 cm³/mol. The smallest absolute Gasteiger partial charge is 0.0498 e. The third kappa shape index (κ3) is 2.46. The monoisotopic (exact) mass is 252 g/mol. The Bertz CT molecular complexity index is 521. The molecule has 17 heavy (non-hydrogen) atoms. The van der Waals surface area contributed by atoms with Gasteiger partial charge in [0.25, 0.3) is 0 Å². The maximum Gasteiger partial charge on any atom is 0.0498 e. The predicted octanol–water partition coefficient (Wildman–Crippen LogP) is 2.38. The van der Waals surface area contributed by atoms with Crippen molar-refractivity contribution in [2.45, 2.75) is 20.0 Å². The van der Waals surface area contributed by atoms with E-state index in [1.54, 1.807) is 0 Å². The lowest BCUT2D eigenvalue weighted by Gasteiger charge is -2.10. The summed E-state index contributed by atoms with van der Waals surface area (Å²) in [5, 5.41) is 11.0. The Balaban J connectivity index is 2.50. The number of nitrogens with zero attached hydrogens (tertiary/aromatic N) is 1. The minimum atomic E-state index is 0.179. The van der Waals surface area contributed by atoms with Gasteiger partial charge in [-0.05, 0) is 23.6 Å². The number of fused-ring (bicyclic) bond motifs is 1. The number of aliphatic hydroxyl groups excluding tert-OH is 1. The zero-order valence-electron chi connectivity index (χ0n) is 9.86. The minimum Gasteiger partial charge on any atom is -0.396 e. The highest BCUT2D eigenvalue weighted by molar-refractivity contribution is 6.31. The molecule has 0 fully saturated rings. The number of aliphatic hydroxyl groups is 1. The number of hydrogen-bond acceptors (Lipinski definition) is 2. The van der Waals surface area contributed by atoms with E-state index in [1.165, 1.54) is 0 Å². The molecular weight excluding hydrogens is 236 g/mol. The van der Waals surface area contributed by atoms with E-state index in [1.807, 2.05) is 31.3 Å². The average Bonchev–Trinajstić information content (AvgIpc) is 2.66. The molecule has 0 radical (unpaired) electrons. The minimum absolute atomic E-state index is 0.179. The van der Waals surface area contributed by atoms with Crippen molar-refractivity contribution in [2.75, 3.05) is 6.61 Å². The van der Waals surface area contributed by atoms with Crippen molar-refractivity contribution < 1.29 is 5.11 Å². The molecule has 0 aliphatic rings. The summed E-state index contributed by atoms with van der Waals surface area (Å²) in [7, 11) is 0. The summed E-state index contributed by atoms with van der Waals surface area (Å²) >= 11 is 6.02. The SMILES string of the molecule is CC(CO)Cn1cc(CN)c2ccc(Cl)cc21. The van der Waals surface area contributed by atoms with E-state index in [4.69, 9.17) is 22.4 Å². The molecule has 0 amide bonds. The Morgan fingerprint density at radius 3 is 2.88 bits per heavy atom. The van der Waals surface area contributed by atoms with Crippen LogP contribution in [0.15, 0.2) is 24.4 Å². The van der Waals surface area contributed by atoms with E-state index >= 15 is 0 Å². The first-order valence-corrected chi connectivity index (χ1v) is 6.11. The second-order valence-corrected chi connectivity index (χ2v) is 4.90. The van der Waals surface area contributed by atoms with Gasteiger partial charge in [-0.15, -0.1) is 0 Å². The molecule has 4 heteroatoms. The quantitative estimate of drug-likeness (QED) is 0.878. The summed E-state index contributed by atoms with van der Waals surface area (Å²) in [6, 6.07) is 5.82. The molecule has 0 aliphatic heterocycles. The van der Waals surface area contributed by atoms with Crippen LogP contribution in [0.25, 0.3) is 10.9 Å². The lowest BCUT2D eigenvalue weighted by molar-refractivity contribution is 0.224. The number of hydrogen-bond donors (Lipinski definition) is 2. The van der Waals surface area contributed by atoms with Crippen molar-refractivity contribution in [1.82, 2.24) is 4.57 Å². The molecule has 1 unspecified atom stereocenters. The molecule has 1 aromatic heterocycles. The first-order valence-electron chi connectivity index (χ1n) is 5.74. The topological polar surface area (TPSA) is 51.2 Å².